The van der Waals surface area contributed by atoms with Crippen molar-refractivity contribution in [2.75, 3.05) is 11.9 Å². The molecule has 1 N–H and O–H groups in total. The third-order valence-electron chi connectivity index (χ3n) is 4.00. The molecular formula is C17H15BrFNO2. The van der Waals surface area contributed by atoms with Gasteiger partial charge in [0.1, 0.15) is 11.6 Å². The molecule has 5 heteroatoms. The van der Waals surface area contributed by atoms with E-state index in [2.05, 4.69) is 15.9 Å². The van der Waals surface area contributed by atoms with Crippen molar-refractivity contribution in [2.24, 2.45) is 0 Å². The quantitative estimate of drug-likeness (QED) is 0.830. The lowest BCUT2D eigenvalue weighted by atomic mass is 9.87. The van der Waals surface area contributed by atoms with Gasteiger partial charge in [-0.15, -0.1) is 0 Å². The molecule has 0 radical (unpaired) electrons. The molecule has 3 nitrogen and oxygen atoms in total. The van der Waals surface area contributed by atoms with E-state index in [-0.39, 0.29) is 17.0 Å². The fourth-order valence-electron chi connectivity index (χ4n) is 2.99. The number of fused-ring (bicyclic) bond motifs is 1. The molecule has 3 rings (SSSR count). The largest absolute Gasteiger partial charge is 0.508 e. The highest BCUT2D eigenvalue weighted by atomic mass is 79.9. The number of phenols is 1. The summed E-state index contributed by atoms with van der Waals surface area (Å²) in [7, 11) is 0. The molecule has 1 amide bonds. The molecule has 0 saturated heterocycles. The van der Waals surface area contributed by atoms with E-state index in [1.807, 2.05) is 24.3 Å². The molecule has 0 spiro atoms. The molecule has 1 unspecified atom stereocenters. The molecule has 1 heterocycles. The Labute approximate surface area is 136 Å². The third kappa shape index (κ3) is 2.61. The van der Waals surface area contributed by atoms with Crippen molar-refractivity contribution in [1.82, 2.24) is 4.90 Å². The van der Waals surface area contributed by atoms with Crippen molar-refractivity contribution in [2.45, 2.75) is 12.5 Å². The van der Waals surface area contributed by atoms with Crippen molar-refractivity contribution in [3.8, 4) is 5.75 Å². The number of rotatable bonds is 2. The Morgan fingerprint density at radius 1 is 1.27 bits per heavy atom. The smallest absolute Gasteiger partial charge is 0.234 e. The van der Waals surface area contributed by atoms with Crippen LogP contribution < -0.4 is 0 Å². The number of benzene rings is 2. The van der Waals surface area contributed by atoms with Gasteiger partial charge in [-0.25, -0.2) is 4.39 Å². The van der Waals surface area contributed by atoms with Crippen LogP contribution in [0.2, 0.25) is 0 Å². The van der Waals surface area contributed by atoms with Gasteiger partial charge in [0.25, 0.3) is 0 Å². The van der Waals surface area contributed by atoms with Gasteiger partial charge in [0.05, 0.1) is 11.4 Å². The summed E-state index contributed by atoms with van der Waals surface area (Å²) in [5.41, 5.74) is 2.47. The summed E-state index contributed by atoms with van der Waals surface area (Å²) < 4.78 is 13.7. The number of nitrogens with zero attached hydrogens (tertiary/aromatic N) is 1. The second-order valence-electron chi connectivity index (χ2n) is 5.28. The van der Waals surface area contributed by atoms with Gasteiger partial charge in [-0.1, -0.05) is 40.2 Å². The topological polar surface area (TPSA) is 40.5 Å². The average Bonchev–Trinajstić information content (AvgIpc) is 2.55. The van der Waals surface area contributed by atoms with Gasteiger partial charge in [-0.05, 0) is 35.7 Å². The summed E-state index contributed by atoms with van der Waals surface area (Å²) in [5, 5.41) is 10.4. The summed E-state index contributed by atoms with van der Waals surface area (Å²) in [4.78, 5) is 13.9. The number of carbonyl (C=O) groups is 1. The first-order valence-electron chi connectivity index (χ1n) is 7.03. The minimum atomic E-state index is -0.467. The van der Waals surface area contributed by atoms with E-state index in [4.69, 9.17) is 0 Å². The first-order chi connectivity index (χ1) is 10.6. The minimum absolute atomic E-state index is 0.00419. The van der Waals surface area contributed by atoms with Crippen LogP contribution in [0, 0.1) is 5.82 Å². The number of hydrogen-bond acceptors (Lipinski definition) is 2. The molecule has 0 saturated carbocycles. The standard InChI is InChI=1S/C17H15BrFNO2/c18-10-16(22)20-8-7-11-3-1-2-4-13(11)17(20)14-9-12(19)5-6-15(14)21/h1-6,9,17,21H,7-8,10H2. The Hall–Kier alpha value is -1.88. The predicted octanol–water partition coefficient (Wildman–Crippen LogP) is 3.40. The number of hydrogen-bond donors (Lipinski definition) is 1. The summed E-state index contributed by atoms with van der Waals surface area (Å²) in [5.74, 6) is -0.513. The van der Waals surface area contributed by atoms with Gasteiger partial charge in [-0.3, -0.25) is 4.79 Å². The molecule has 1 aliphatic rings. The molecule has 0 aromatic heterocycles. The second-order valence-corrected chi connectivity index (χ2v) is 5.84. The first kappa shape index (κ1) is 15.0. The van der Waals surface area contributed by atoms with Gasteiger partial charge in [0.2, 0.25) is 5.91 Å². The van der Waals surface area contributed by atoms with Crippen molar-refractivity contribution in [1.29, 1.82) is 0 Å². The lowest BCUT2D eigenvalue weighted by Gasteiger charge is -2.37. The highest BCUT2D eigenvalue weighted by molar-refractivity contribution is 9.09. The van der Waals surface area contributed by atoms with Crippen molar-refractivity contribution in [3.63, 3.8) is 0 Å². The normalized spacial score (nSPS) is 17.2. The van der Waals surface area contributed by atoms with Crippen LogP contribution in [-0.4, -0.2) is 27.8 Å². The molecular weight excluding hydrogens is 349 g/mol. The Balaban J connectivity index is 2.17. The number of halogens is 2. The van der Waals surface area contributed by atoms with Crippen LogP contribution in [0.4, 0.5) is 4.39 Å². The van der Waals surface area contributed by atoms with E-state index in [0.717, 1.165) is 17.5 Å². The Morgan fingerprint density at radius 2 is 2.05 bits per heavy atom. The van der Waals surface area contributed by atoms with Gasteiger partial charge in [0, 0.05) is 12.1 Å². The fourth-order valence-corrected chi connectivity index (χ4v) is 3.31. The molecule has 114 valence electrons. The van der Waals surface area contributed by atoms with Gasteiger partial charge in [-0.2, -0.15) is 0 Å². The van der Waals surface area contributed by atoms with Crippen LogP contribution in [0.5, 0.6) is 5.75 Å². The molecule has 1 atom stereocenters. The molecule has 0 bridgehead atoms. The lowest BCUT2D eigenvalue weighted by molar-refractivity contribution is -0.130. The highest BCUT2D eigenvalue weighted by Gasteiger charge is 2.33. The van der Waals surface area contributed by atoms with E-state index in [9.17, 15) is 14.3 Å². The van der Waals surface area contributed by atoms with Crippen LogP contribution >= 0.6 is 15.9 Å². The maximum absolute atomic E-state index is 13.7. The Morgan fingerprint density at radius 3 is 2.82 bits per heavy atom. The van der Waals surface area contributed by atoms with Gasteiger partial charge >= 0.3 is 0 Å². The van der Waals surface area contributed by atoms with Crippen molar-refractivity contribution in [3.05, 3.63) is 65.0 Å². The van der Waals surface area contributed by atoms with E-state index in [0.29, 0.717) is 12.1 Å². The predicted molar refractivity (Wildman–Crippen MR) is 85.6 cm³/mol. The Kier molecular flexibility index (Phi) is 4.16. The van der Waals surface area contributed by atoms with E-state index >= 15 is 0 Å². The Bertz CT molecular complexity index is 720. The number of aromatic hydroxyl groups is 1. The van der Waals surface area contributed by atoms with Gasteiger partial charge < -0.3 is 10.0 Å². The SMILES string of the molecule is O=C(CBr)N1CCc2ccccc2C1c1cc(F)ccc1O. The maximum atomic E-state index is 13.7. The van der Waals surface area contributed by atoms with Crippen LogP contribution in [0.25, 0.3) is 0 Å². The summed E-state index contributed by atoms with van der Waals surface area (Å²) in [6.07, 6.45) is 0.751. The fraction of sp³-hybridized carbons (Fsp3) is 0.235. The van der Waals surface area contributed by atoms with Crippen LogP contribution in [-0.2, 0) is 11.2 Å². The molecule has 2 aromatic rings. The third-order valence-corrected chi connectivity index (χ3v) is 4.48. The van der Waals surface area contributed by atoms with Crippen LogP contribution in [0.1, 0.15) is 22.7 Å². The van der Waals surface area contributed by atoms with Crippen LogP contribution in [0.15, 0.2) is 42.5 Å². The zero-order valence-electron chi connectivity index (χ0n) is 11.8. The van der Waals surface area contributed by atoms with E-state index < -0.39 is 11.9 Å². The highest BCUT2D eigenvalue weighted by Crippen LogP contribution is 2.39. The lowest BCUT2D eigenvalue weighted by Crippen LogP contribution is -2.41. The minimum Gasteiger partial charge on any atom is -0.508 e. The number of phenolic OH excluding ortho intramolecular Hbond substituents is 1. The first-order valence-corrected chi connectivity index (χ1v) is 8.15. The monoisotopic (exact) mass is 363 g/mol. The van der Waals surface area contributed by atoms with Crippen LogP contribution in [0.3, 0.4) is 0 Å². The van der Waals surface area contributed by atoms with Crippen molar-refractivity contribution >= 4 is 21.8 Å². The van der Waals surface area contributed by atoms with E-state index in [1.165, 1.54) is 18.2 Å². The number of amides is 1. The molecule has 0 fully saturated rings. The average molecular weight is 364 g/mol. The number of alkyl halides is 1. The summed E-state index contributed by atoms with van der Waals surface area (Å²) in [6.45, 7) is 0.544. The van der Waals surface area contributed by atoms with Crippen molar-refractivity contribution < 1.29 is 14.3 Å². The summed E-state index contributed by atoms with van der Waals surface area (Å²) >= 11 is 3.20. The zero-order valence-corrected chi connectivity index (χ0v) is 13.4. The summed E-state index contributed by atoms with van der Waals surface area (Å²) in [6, 6.07) is 11.2. The second kappa shape index (κ2) is 6.08. The molecule has 1 aliphatic heterocycles. The molecule has 2 aromatic carbocycles. The molecule has 22 heavy (non-hydrogen) atoms. The number of carbonyl (C=O) groups excluding carboxylic acids is 1. The van der Waals surface area contributed by atoms with E-state index in [1.54, 1.807) is 4.90 Å². The zero-order chi connectivity index (χ0) is 15.7. The maximum Gasteiger partial charge on any atom is 0.234 e. The van der Waals surface area contributed by atoms with Gasteiger partial charge in [0.15, 0.2) is 0 Å². The molecule has 0 aliphatic carbocycles.